The lowest BCUT2D eigenvalue weighted by atomic mass is 10.0. The molecular formula is C22H28N2. The maximum atomic E-state index is 3.51. The lowest BCUT2D eigenvalue weighted by Gasteiger charge is -2.10. The summed E-state index contributed by atoms with van der Waals surface area (Å²) in [5.41, 5.74) is 2.43. The summed E-state index contributed by atoms with van der Waals surface area (Å²) >= 11 is 0. The molecule has 0 aromatic heterocycles. The van der Waals surface area contributed by atoms with Crippen LogP contribution in [-0.4, -0.2) is 13.1 Å². The predicted molar refractivity (Wildman–Crippen MR) is 108 cm³/mol. The molecular weight excluding hydrogens is 292 g/mol. The number of hydrogen-bond donors (Lipinski definition) is 2. The summed E-state index contributed by atoms with van der Waals surface area (Å²) in [6, 6.07) is 17.9. The zero-order valence-electron chi connectivity index (χ0n) is 14.9. The highest BCUT2D eigenvalue weighted by Gasteiger charge is 2.01. The van der Waals surface area contributed by atoms with E-state index in [1.54, 1.807) is 0 Å². The fourth-order valence-electron chi connectivity index (χ4n) is 3.04. The van der Waals surface area contributed by atoms with Crippen molar-refractivity contribution in [2.75, 3.05) is 23.7 Å². The second kappa shape index (κ2) is 8.05. The molecule has 0 aliphatic heterocycles. The monoisotopic (exact) mass is 320 g/mol. The van der Waals surface area contributed by atoms with Crippen molar-refractivity contribution in [3.8, 4) is 0 Å². The first kappa shape index (κ1) is 16.6. The van der Waals surface area contributed by atoms with Crippen molar-refractivity contribution < 1.29 is 0 Å². The van der Waals surface area contributed by atoms with E-state index in [4.69, 9.17) is 0 Å². The zero-order chi connectivity index (χ0) is 16.8. The molecule has 0 atom stereocenters. The lowest BCUT2D eigenvalue weighted by Crippen LogP contribution is -2.00. The van der Waals surface area contributed by atoms with Gasteiger partial charge in [0.1, 0.15) is 0 Å². The number of anilines is 2. The molecule has 0 aliphatic carbocycles. The highest BCUT2D eigenvalue weighted by Crippen LogP contribution is 2.27. The maximum absolute atomic E-state index is 3.51. The number of benzene rings is 3. The third-order valence-electron chi connectivity index (χ3n) is 4.51. The summed E-state index contributed by atoms with van der Waals surface area (Å²) in [6.07, 6.45) is 4.87. The summed E-state index contributed by atoms with van der Waals surface area (Å²) < 4.78 is 0. The Labute approximate surface area is 145 Å². The van der Waals surface area contributed by atoms with Crippen molar-refractivity contribution in [3.05, 3.63) is 48.5 Å². The molecule has 0 aliphatic rings. The second-order valence-electron chi connectivity index (χ2n) is 6.54. The predicted octanol–water partition coefficient (Wildman–Crippen LogP) is 6.42. The Bertz CT molecular complexity index is 738. The molecule has 0 amide bonds. The van der Waals surface area contributed by atoms with Crippen molar-refractivity contribution in [1.82, 2.24) is 0 Å². The molecule has 2 N–H and O–H groups in total. The molecule has 3 aromatic rings. The smallest absolute Gasteiger partial charge is 0.0346 e. The Morgan fingerprint density at radius 1 is 0.583 bits per heavy atom. The van der Waals surface area contributed by atoms with Crippen molar-refractivity contribution in [3.63, 3.8) is 0 Å². The molecule has 0 saturated heterocycles. The van der Waals surface area contributed by atoms with Crippen LogP contribution in [0.25, 0.3) is 21.5 Å². The Morgan fingerprint density at radius 3 is 1.46 bits per heavy atom. The molecule has 0 radical (unpaired) electrons. The molecule has 0 bridgehead atoms. The molecule has 2 heteroatoms. The van der Waals surface area contributed by atoms with E-state index >= 15 is 0 Å². The van der Waals surface area contributed by atoms with Crippen LogP contribution in [0, 0.1) is 0 Å². The van der Waals surface area contributed by atoms with Gasteiger partial charge in [-0.2, -0.15) is 0 Å². The van der Waals surface area contributed by atoms with Gasteiger partial charge >= 0.3 is 0 Å². The van der Waals surface area contributed by atoms with Crippen LogP contribution in [0.5, 0.6) is 0 Å². The van der Waals surface area contributed by atoms with Gasteiger partial charge in [-0.25, -0.2) is 0 Å². The van der Waals surface area contributed by atoms with E-state index < -0.39 is 0 Å². The first-order chi connectivity index (χ1) is 11.8. The summed E-state index contributed by atoms with van der Waals surface area (Å²) in [6.45, 7) is 6.53. The topological polar surface area (TPSA) is 24.1 Å². The van der Waals surface area contributed by atoms with Crippen LogP contribution in [0.2, 0.25) is 0 Å². The number of nitrogens with one attached hydrogen (secondary N) is 2. The van der Waals surface area contributed by atoms with Crippen LogP contribution in [0.1, 0.15) is 39.5 Å². The zero-order valence-corrected chi connectivity index (χ0v) is 14.9. The van der Waals surface area contributed by atoms with E-state index in [0.29, 0.717) is 0 Å². The normalized spacial score (nSPS) is 11.1. The van der Waals surface area contributed by atoms with Crippen LogP contribution in [0.3, 0.4) is 0 Å². The van der Waals surface area contributed by atoms with Crippen LogP contribution < -0.4 is 10.6 Å². The standard InChI is InChI=1S/C22H28N2/c1-3-5-11-23-21-9-7-17-14-20-16-22(24-12-6-4-2)10-8-18(20)13-19(17)15-21/h7-10,13-16,23-24H,3-6,11-12H2,1-2H3. The van der Waals surface area contributed by atoms with Crippen LogP contribution in [-0.2, 0) is 0 Å². The van der Waals surface area contributed by atoms with Crippen molar-refractivity contribution in [2.45, 2.75) is 39.5 Å². The molecule has 0 spiro atoms. The molecule has 3 aromatic carbocycles. The van der Waals surface area contributed by atoms with Crippen LogP contribution in [0.4, 0.5) is 11.4 Å². The minimum Gasteiger partial charge on any atom is -0.385 e. The van der Waals surface area contributed by atoms with Gasteiger partial charge in [0.25, 0.3) is 0 Å². The van der Waals surface area contributed by atoms with Gasteiger partial charge in [0.2, 0.25) is 0 Å². The molecule has 0 unspecified atom stereocenters. The molecule has 24 heavy (non-hydrogen) atoms. The Hall–Kier alpha value is -2.22. The fourth-order valence-corrected chi connectivity index (χ4v) is 3.04. The molecule has 0 heterocycles. The number of rotatable bonds is 8. The quantitative estimate of drug-likeness (QED) is 0.370. The molecule has 3 rings (SSSR count). The third-order valence-corrected chi connectivity index (χ3v) is 4.51. The van der Waals surface area contributed by atoms with E-state index in [2.05, 4.69) is 73.0 Å². The van der Waals surface area contributed by atoms with Gasteiger partial charge in [0.15, 0.2) is 0 Å². The summed E-state index contributed by atoms with van der Waals surface area (Å²) in [7, 11) is 0. The largest absolute Gasteiger partial charge is 0.385 e. The summed E-state index contributed by atoms with van der Waals surface area (Å²) in [5.74, 6) is 0. The average Bonchev–Trinajstić information content (AvgIpc) is 2.60. The highest BCUT2D eigenvalue weighted by atomic mass is 14.9. The lowest BCUT2D eigenvalue weighted by molar-refractivity contribution is 0.834. The minimum absolute atomic E-state index is 1.04. The van der Waals surface area contributed by atoms with Gasteiger partial charge in [0, 0.05) is 24.5 Å². The summed E-state index contributed by atoms with van der Waals surface area (Å²) in [5, 5.41) is 12.2. The molecule has 126 valence electrons. The maximum Gasteiger partial charge on any atom is 0.0346 e. The number of hydrogen-bond acceptors (Lipinski definition) is 2. The van der Waals surface area contributed by atoms with Gasteiger partial charge in [-0.05, 0) is 70.8 Å². The second-order valence-corrected chi connectivity index (χ2v) is 6.54. The van der Waals surface area contributed by atoms with E-state index in [1.165, 1.54) is 58.6 Å². The van der Waals surface area contributed by atoms with Crippen molar-refractivity contribution in [2.24, 2.45) is 0 Å². The average molecular weight is 320 g/mol. The van der Waals surface area contributed by atoms with Gasteiger partial charge in [-0.15, -0.1) is 0 Å². The van der Waals surface area contributed by atoms with E-state index in [-0.39, 0.29) is 0 Å². The van der Waals surface area contributed by atoms with E-state index in [0.717, 1.165) is 13.1 Å². The number of unbranched alkanes of at least 4 members (excludes halogenated alkanes) is 2. The van der Waals surface area contributed by atoms with Gasteiger partial charge < -0.3 is 10.6 Å². The highest BCUT2D eigenvalue weighted by molar-refractivity contribution is 6.00. The number of fused-ring (bicyclic) bond motifs is 2. The van der Waals surface area contributed by atoms with Gasteiger partial charge in [0.05, 0.1) is 0 Å². The van der Waals surface area contributed by atoms with Crippen molar-refractivity contribution in [1.29, 1.82) is 0 Å². The first-order valence-corrected chi connectivity index (χ1v) is 9.25. The SMILES string of the molecule is CCCCNc1ccc2cc3cc(NCCCC)ccc3cc2c1. The van der Waals surface area contributed by atoms with Crippen LogP contribution in [0.15, 0.2) is 48.5 Å². The molecule has 2 nitrogen and oxygen atoms in total. The minimum atomic E-state index is 1.04. The van der Waals surface area contributed by atoms with Gasteiger partial charge in [-0.3, -0.25) is 0 Å². The van der Waals surface area contributed by atoms with E-state index in [1.807, 2.05) is 0 Å². The Kier molecular flexibility index (Phi) is 5.58. The Morgan fingerprint density at radius 2 is 1.04 bits per heavy atom. The first-order valence-electron chi connectivity index (χ1n) is 9.25. The fraction of sp³-hybridized carbons (Fsp3) is 0.364. The third kappa shape index (κ3) is 4.00. The van der Waals surface area contributed by atoms with Crippen molar-refractivity contribution >= 4 is 32.9 Å². The summed E-state index contributed by atoms with van der Waals surface area (Å²) in [4.78, 5) is 0. The Balaban J connectivity index is 1.85. The molecule has 0 fully saturated rings. The van der Waals surface area contributed by atoms with E-state index in [9.17, 15) is 0 Å². The van der Waals surface area contributed by atoms with Gasteiger partial charge in [-0.1, -0.05) is 38.8 Å². The van der Waals surface area contributed by atoms with Crippen LogP contribution >= 0.6 is 0 Å². The molecule has 0 saturated carbocycles.